The molecule has 11 heavy (non-hydrogen) atoms. The van der Waals surface area contributed by atoms with E-state index in [1.165, 1.54) is 0 Å². The number of hydrogen-bond donors (Lipinski definition) is 0. The van der Waals surface area contributed by atoms with E-state index < -0.39 is 0 Å². The van der Waals surface area contributed by atoms with E-state index in [9.17, 15) is 4.79 Å². The SMILES string of the molecule is C=C1CCC(C(=C)C)OC1=O. The smallest absolute Gasteiger partial charge is 0.333 e. The highest BCUT2D eigenvalue weighted by molar-refractivity contribution is 5.88. The summed E-state index contributed by atoms with van der Waals surface area (Å²) in [7, 11) is 0. The lowest BCUT2D eigenvalue weighted by Crippen LogP contribution is -2.25. The van der Waals surface area contributed by atoms with Gasteiger partial charge in [-0.15, -0.1) is 0 Å². The Labute approximate surface area is 66.5 Å². The summed E-state index contributed by atoms with van der Waals surface area (Å²) in [5.41, 5.74) is 1.48. The van der Waals surface area contributed by atoms with Gasteiger partial charge in [-0.1, -0.05) is 13.2 Å². The number of carbonyl (C=O) groups excluding carboxylic acids is 1. The van der Waals surface area contributed by atoms with Crippen molar-refractivity contribution in [2.24, 2.45) is 0 Å². The lowest BCUT2D eigenvalue weighted by atomic mass is 10.0. The Bertz CT molecular complexity index is 216. The number of ether oxygens (including phenoxy) is 1. The van der Waals surface area contributed by atoms with E-state index in [4.69, 9.17) is 4.74 Å². The van der Waals surface area contributed by atoms with E-state index in [1.54, 1.807) is 0 Å². The van der Waals surface area contributed by atoms with Crippen molar-refractivity contribution in [3.8, 4) is 0 Å². The Hall–Kier alpha value is -1.05. The van der Waals surface area contributed by atoms with Gasteiger partial charge in [0.1, 0.15) is 6.10 Å². The van der Waals surface area contributed by atoms with Gasteiger partial charge in [0.15, 0.2) is 0 Å². The van der Waals surface area contributed by atoms with Crippen molar-refractivity contribution in [3.63, 3.8) is 0 Å². The van der Waals surface area contributed by atoms with Crippen LogP contribution < -0.4 is 0 Å². The van der Waals surface area contributed by atoms with Crippen LogP contribution >= 0.6 is 0 Å². The van der Waals surface area contributed by atoms with Gasteiger partial charge in [0.25, 0.3) is 0 Å². The minimum Gasteiger partial charge on any atom is -0.455 e. The second-order valence-corrected chi connectivity index (χ2v) is 2.88. The summed E-state index contributed by atoms with van der Waals surface area (Å²) in [5.74, 6) is -0.274. The molecule has 1 unspecified atom stereocenters. The second-order valence-electron chi connectivity index (χ2n) is 2.88. The summed E-state index contributed by atoms with van der Waals surface area (Å²) < 4.78 is 5.02. The molecule has 0 aromatic rings. The highest BCUT2D eigenvalue weighted by Crippen LogP contribution is 2.21. The summed E-state index contributed by atoms with van der Waals surface area (Å²) >= 11 is 0. The first-order chi connectivity index (χ1) is 5.11. The van der Waals surface area contributed by atoms with E-state index in [1.807, 2.05) is 6.92 Å². The van der Waals surface area contributed by atoms with Crippen molar-refractivity contribution in [2.75, 3.05) is 0 Å². The fourth-order valence-electron chi connectivity index (χ4n) is 1.03. The van der Waals surface area contributed by atoms with Gasteiger partial charge in [0.05, 0.1) is 0 Å². The quantitative estimate of drug-likeness (QED) is 0.325. The highest BCUT2D eigenvalue weighted by atomic mass is 16.5. The Morgan fingerprint density at radius 1 is 1.73 bits per heavy atom. The zero-order chi connectivity index (χ0) is 8.43. The maximum Gasteiger partial charge on any atom is 0.333 e. The molecule has 0 spiro atoms. The second kappa shape index (κ2) is 2.91. The van der Waals surface area contributed by atoms with Crippen molar-refractivity contribution in [1.29, 1.82) is 0 Å². The van der Waals surface area contributed by atoms with Gasteiger partial charge in [-0.05, 0) is 25.3 Å². The fourth-order valence-corrected chi connectivity index (χ4v) is 1.03. The lowest BCUT2D eigenvalue weighted by molar-refractivity contribution is -0.145. The normalized spacial score (nSPS) is 24.6. The molecule has 0 amide bonds. The first-order valence-corrected chi connectivity index (χ1v) is 3.65. The molecule has 0 aliphatic carbocycles. The third-order valence-electron chi connectivity index (χ3n) is 1.80. The van der Waals surface area contributed by atoms with Crippen molar-refractivity contribution in [3.05, 3.63) is 24.3 Å². The molecule has 1 atom stereocenters. The van der Waals surface area contributed by atoms with Gasteiger partial charge in [-0.25, -0.2) is 4.79 Å². The number of rotatable bonds is 1. The van der Waals surface area contributed by atoms with Gasteiger partial charge in [-0.2, -0.15) is 0 Å². The van der Waals surface area contributed by atoms with E-state index in [-0.39, 0.29) is 12.1 Å². The summed E-state index contributed by atoms with van der Waals surface area (Å²) in [4.78, 5) is 10.9. The summed E-state index contributed by atoms with van der Waals surface area (Å²) in [6.07, 6.45) is 1.48. The molecular formula is C9H12O2. The molecule has 1 fully saturated rings. The van der Waals surface area contributed by atoms with Crippen LogP contribution in [-0.2, 0) is 9.53 Å². The average Bonchev–Trinajstić information content (AvgIpc) is 1.94. The molecule has 1 aliphatic heterocycles. The van der Waals surface area contributed by atoms with Crippen LogP contribution in [0.15, 0.2) is 24.3 Å². The standard InChI is InChI=1S/C9H12O2/c1-6(2)8-5-4-7(3)9(10)11-8/h8H,1,3-5H2,2H3. The molecule has 0 aromatic heterocycles. The van der Waals surface area contributed by atoms with Crippen LogP contribution in [0.3, 0.4) is 0 Å². The van der Waals surface area contributed by atoms with Gasteiger partial charge >= 0.3 is 5.97 Å². The van der Waals surface area contributed by atoms with Gasteiger partial charge in [0, 0.05) is 5.57 Å². The monoisotopic (exact) mass is 152 g/mol. The van der Waals surface area contributed by atoms with Gasteiger partial charge in [0.2, 0.25) is 0 Å². The van der Waals surface area contributed by atoms with E-state index >= 15 is 0 Å². The van der Waals surface area contributed by atoms with Gasteiger partial charge < -0.3 is 4.74 Å². The number of esters is 1. The van der Waals surface area contributed by atoms with Crippen molar-refractivity contribution in [2.45, 2.75) is 25.9 Å². The van der Waals surface area contributed by atoms with Crippen LogP contribution in [0.4, 0.5) is 0 Å². The first-order valence-electron chi connectivity index (χ1n) is 3.65. The molecule has 1 rings (SSSR count). The fraction of sp³-hybridized carbons (Fsp3) is 0.444. The van der Waals surface area contributed by atoms with Crippen LogP contribution in [0, 0.1) is 0 Å². The van der Waals surface area contributed by atoms with Crippen molar-refractivity contribution < 1.29 is 9.53 Å². The highest BCUT2D eigenvalue weighted by Gasteiger charge is 2.23. The third-order valence-corrected chi connectivity index (χ3v) is 1.80. The van der Waals surface area contributed by atoms with Crippen LogP contribution in [0.25, 0.3) is 0 Å². The molecule has 0 N–H and O–H groups in total. The van der Waals surface area contributed by atoms with Crippen molar-refractivity contribution >= 4 is 5.97 Å². The Morgan fingerprint density at radius 3 is 2.82 bits per heavy atom. The molecule has 1 aliphatic rings. The van der Waals surface area contributed by atoms with E-state index in [0.29, 0.717) is 5.57 Å². The molecule has 1 heterocycles. The Balaban J connectivity index is 2.60. The molecular weight excluding hydrogens is 140 g/mol. The van der Waals surface area contributed by atoms with Crippen LogP contribution in [0.5, 0.6) is 0 Å². The zero-order valence-corrected chi connectivity index (χ0v) is 6.72. The minimum atomic E-state index is -0.274. The maximum absolute atomic E-state index is 10.9. The minimum absolute atomic E-state index is 0.0898. The molecule has 2 heteroatoms. The third kappa shape index (κ3) is 1.70. The topological polar surface area (TPSA) is 26.3 Å². The summed E-state index contributed by atoms with van der Waals surface area (Å²) in [6.45, 7) is 9.18. The van der Waals surface area contributed by atoms with E-state index in [0.717, 1.165) is 18.4 Å². The van der Waals surface area contributed by atoms with Crippen LogP contribution in [0.2, 0.25) is 0 Å². The molecule has 2 nitrogen and oxygen atoms in total. The predicted molar refractivity (Wildman–Crippen MR) is 43.1 cm³/mol. The zero-order valence-electron chi connectivity index (χ0n) is 6.72. The molecule has 60 valence electrons. The Morgan fingerprint density at radius 2 is 2.36 bits per heavy atom. The largest absolute Gasteiger partial charge is 0.455 e. The van der Waals surface area contributed by atoms with Crippen LogP contribution in [0.1, 0.15) is 19.8 Å². The molecule has 0 radical (unpaired) electrons. The van der Waals surface area contributed by atoms with Crippen molar-refractivity contribution in [1.82, 2.24) is 0 Å². The van der Waals surface area contributed by atoms with Crippen LogP contribution in [-0.4, -0.2) is 12.1 Å². The molecule has 0 saturated carbocycles. The average molecular weight is 152 g/mol. The maximum atomic E-state index is 10.9. The molecule has 0 bridgehead atoms. The number of cyclic esters (lactones) is 1. The van der Waals surface area contributed by atoms with Gasteiger partial charge in [-0.3, -0.25) is 0 Å². The Kier molecular flexibility index (Phi) is 2.13. The summed E-state index contributed by atoms with van der Waals surface area (Å²) in [6, 6.07) is 0. The van der Waals surface area contributed by atoms with E-state index in [2.05, 4.69) is 13.2 Å². The number of hydrogen-bond acceptors (Lipinski definition) is 2. The molecule has 1 saturated heterocycles. The summed E-state index contributed by atoms with van der Waals surface area (Å²) in [5, 5.41) is 0. The lowest BCUT2D eigenvalue weighted by Gasteiger charge is -2.23. The first kappa shape index (κ1) is 8.05. The number of carbonyl (C=O) groups is 1. The predicted octanol–water partition coefficient (Wildman–Crippen LogP) is 1.82. The molecule has 0 aromatic carbocycles.